The fourth-order valence-electron chi connectivity index (χ4n) is 1.56. The molecule has 1 atom stereocenters. The number of carbonyl (C=O) groups excluding carboxylic acids is 1. The maximum atomic E-state index is 10.4. The van der Waals surface area contributed by atoms with Crippen LogP contribution in [-0.4, -0.2) is 10.2 Å². The van der Waals surface area contributed by atoms with Crippen molar-refractivity contribution in [1.29, 1.82) is 0 Å². The Hall–Kier alpha value is 0.400. The van der Waals surface area contributed by atoms with E-state index >= 15 is 0 Å². The van der Waals surface area contributed by atoms with Gasteiger partial charge in [0.2, 0.25) is 0 Å². The van der Waals surface area contributed by atoms with Crippen molar-refractivity contribution in [2.24, 2.45) is 5.92 Å². The van der Waals surface area contributed by atoms with Crippen LogP contribution in [0.2, 0.25) is 0 Å². The largest absolute Gasteiger partial charge is 0.302 e. The Morgan fingerprint density at radius 3 is 2.40 bits per heavy atom. The first-order valence-corrected chi connectivity index (χ1v) is 5.18. The molecule has 58 valence electrons. The zero-order valence-corrected chi connectivity index (χ0v) is 8.21. The number of rotatable bonds is 2. The summed E-state index contributed by atoms with van der Waals surface area (Å²) < 4.78 is 0.276. The average Bonchev–Trinajstić information content (AvgIpc) is 2.05. The zero-order chi connectivity index (χ0) is 7.40. The number of hydrogen-bond acceptors (Lipinski definition) is 1. The van der Waals surface area contributed by atoms with Gasteiger partial charge in [-0.3, -0.25) is 0 Å². The average molecular weight is 252 g/mol. The van der Waals surface area contributed by atoms with E-state index in [9.17, 15) is 4.79 Å². The number of aldehydes is 1. The number of hydrogen-bond donors (Lipinski definition) is 0. The van der Waals surface area contributed by atoms with E-state index in [1.165, 1.54) is 32.1 Å². The molecule has 1 fully saturated rings. The molecule has 0 saturated heterocycles. The van der Waals surface area contributed by atoms with Gasteiger partial charge in [0.25, 0.3) is 0 Å². The van der Waals surface area contributed by atoms with Gasteiger partial charge in [0, 0.05) is 0 Å². The predicted molar refractivity (Wildman–Crippen MR) is 50.4 cm³/mol. The summed E-state index contributed by atoms with van der Waals surface area (Å²) in [7, 11) is 0. The minimum Gasteiger partial charge on any atom is -0.302 e. The predicted octanol–water partition coefficient (Wildman–Crippen LogP) is 2.57. The van der Waals surface area contributed by atoms with Gasteiger partial charge in [-0.05, 0) is 18.8 Å². The molecule has 0 aromatic carbocycles. The van der Waals surface area contributed by atoms with E-state index in [0.29, 0.717) is 5.92 Å². The summed E-state index contributed by atoms with van der Waals surface area (Å²) in [4.78, 5) is 10.4. The molecule has 0 bridgehead atoms. The summed E-state index contributed by atoms with van der Waals surface area (Å²) >= 11 is 2.26. The van der Waals surface area contributed by atoms with Crippen molar-refractivity contribution in [1.82, 2.24) is 0 Å². The van der Waals surface area contributed by atoms with E-state index < -0.39 is 0 Å². The van der Waals surface area contributed by atoms with Gasteiger partial charge in [0.15, 0.2) is 0 Å². The molecular formula is C8H13IO. The van der Waals surface area contributed by atoms with E-state index in [4.69, 9.17) is 0 Å². The van der Waals surface area contributed by atoms with Crippen LogP contribution in [-0.2, 0) is 4.79 Å². The standard InChI is InChI=1S/C8H13IO/c9-8(6-10)7-4-2-1-3-5-7/h6-8H,1-5H2/t8-/m0/s1. The summed E-state index contributed by atoms with van der Waals surface area (Å²) in [5.74, 6) is 0.687. The van der Waals surface area contributed by atoms with Crippen LogP contribution in [0.1, 0.15) is 32.1 Å². The number of alkyl halides is 1. The van der Waals surface area contributed by atoms with Gasteiger partial charge in [0.05, 0.1) is 3.92 Å². The first kappa shape index (κ1) is 8.50. The highest BCUT2D eigenvalue weighted by Crippen LogP contribution is 2.29. The highest BCUT2D eigenvalue weighted by atomic mass is 127. The Balaban J connectivity index is 2.30. The molecule has 10 heavy (non-hydrogen) atoms. The van der Waals surface area contributed by atoms with E-state index in [2.05, 4.69) is 22.6 Å². The zero-order valence-electron chi connectivity index (χ0n) is 6.05. The van der Waals surface area contributed by atoms with Crippen LogP contribution >= 0.6 is 22.6 Å². The number of halogens is 1. The van der Waals surface area contributed by atoms with Crippen molar-refractivity contribution >= 4 is 28.9 Å². The van der Waals surface area contributed by atoms with Crippen LogP contribution in [0, 0.1) is 5.92 Å². The molecule has 0 aromatic heterocycles. The molecule has 0 amide bonds. The first-order chi connectivity index (χ1) is 4.84. The summed E-state index contributed by atoms with van der Waals surface area (Å²) in [6, 6.07) is 0. The van der Waals surface area contributed by atoms with Crippen molar-refractivity contribution in [3.63, 3.8) is 0 Å². The Kier molecular flexibility index (Phi) is 3.66. The van der Waals surface area contributed by atoms with Gasteiger partial charge in [-0.1, -0.05) is 41.9 Å². The molecule has 0 spiro atoms. The second kappa shape index (κ2) is 4.31. The SMILES string of the molecule is O=C[C@H](I)C1CCCCC1. The third kappa shape index (κ3) is 2.22. The highest BCUT2D eigenvalue weighted by Gasteiger charge is 2.19. The number of carbonyl (C=O) groups is 1. The fraction of sp³-hybridized carbons (Fsp3) is 0.875. The lowest BCUT2D eigenvalue weighted by atomic mass is 9.87. The quantitative estimate of drug-likeness (QED) is 0.419. The normalized spacial score (nSPS) is 24.1. The van der Waals surface area contributed by atoms with Crippen LogP contribution in [0.25, 0.3) is 0 Å². The van der Waals surface area contributed by atoms with Crippen LogP contribution in [0.4, 0.5) is 0 Å². The van der Waals surface area contributed by atoms with Crippen molar-refractivity contribution in [3.05, 3.63) is 0 Å². The van der Waals surface area contributed by atoms with Gasteiger partial charge in [-0.25, -0.2) is 0 Å². The van der Waals surface area contributed by atoms with Crippen molar-refractivity contribution in [3.8, 4) is 0 Å². The lowest BCUT2D eigenvalue weighted by molar-refractivity contribution is -0.108. The molecule has 0 N–H and O–H groups in total. The summed E-state index contributed by atoms with van der Waals surface area (Å²) in [6.07, 6.45) is 7.67. The van der Waals surface area contributed by atoms with Gasteiger partial charge in [-0.15, -0.1) is 0 Å². The molecule has 0 heterocycles. The van der Waals surface area contributed by atoms with Gasteiger partial charge in [-0.2, -0.15) is 0 Å². The van der Waals surface area contributed by atoms with Crippen LogP contribution in [0.5, 0.6) is 0 Å². The summed E-state index contributed by atoms with van der Waals surface area (Å²) in [5.41, 5.74) is 0. The molecule has 2 heteroatoms. The van der Waals surface area contributed by atoms with Gasteiger partial charge >= 0.3 is 0 Å². The fourth-order valence-corrected chi connectivity index (χ4v) is 2.28. The van der Waals surface area contributed by atoms with E-state index in [1.54, 1.807) is 0 Å². The van der Waals surface area contributed by atoms with Gasteiger partial charge in [0.1, 0.15) is 6.29 Å². The Morgan fingerprint density at radius 1 is 1.30 bits per heavy atom. The molecule has 0 radical (unpaired) electrons. The highest BCUT2D eigenvalue weighted by molar-refractivity contribution is 14.1. The van der Waals surface area contributed by atoms with Crippen LogP contribution in [0.15, 0.2) is 0 Å². The van der Waals surface area contributed by atoms with Crippen LogP contribution < -0.4 is 0 Å². The smallest absolute Gasteiger partial charge is 0.133 e. The maximum Gasteiger partial charge on any atom is 0.133 e. The minimum atomic E-state index is 0.276. The second-order valence-electron chi connectivity index (χ2n) is 2.98. The molecule has 1 rings (SSSR count). The molecule has 1 saturated carbocycles. The molecular weight excluding hydrogens is 239 g/mol. The summed E-state index contributed by atoms with van der Waals surface area (Å²) in [5, 5.41) is 0. The monoisotopic (exact) mass is 252 g/mol. The van der Waals surface area contributed by atoms with Crippen LogP contribution in [0.3, 0.4) is 0 Å². The molecule has 1 aliphatic rings. The first-order valence-electron chi connectivity index (χ1n) is 3.94. The Bertz CT molecular complexity index is 108. The molecule has 0 unspecified atom stereocenters. The minimum absolute atomic E-state index is 0.276. The summed E-state index contributed by atoms with van der Waals surface area (Å²) in [6.45, 7) is 0. The Labute approximate surface area is 75.7 Å². The second-order valence-corrected chi connectivity index (χ2v) is 4.42. The maximum absolute atomic E-state index is 10.4. The topological polar surface area (TPSA) is 17.1 Å². The molecule has 1 nitrogen and oxygen atoms in total. The Morgan fingerprint density at radius 2 is 1.90 bits per heavy atom. The van der Waals surface area contributed by atoms with E-state index in [1.807, 2.05) is 0 Å². The lowest BCUT2D eigenvalue weighted by Crippen LogP contribution is -2.18. The molecule has 0 aromatic rings. The van der Waals surface area contributed by atoms with Crippen molar-refractivity contribution < 1.29 is 4.79 Å². The lowest BCUT2D eigenvalue weighted by Gasteiger charge is -2.22. The van der Waals surface area contributed by atoms with Gasteiger partial charge < -0.3 is 4.79 Å². The van der Waals surface area contributed by atoms with Crippen molar-refractivity contribution in [2.45, 2.75) is 36.0 Å². The van der Waals surface area contributed by atoms with Crippen molar-refractivity contribution in [2.75, 3.05) is 0 Å². The molecule has 0 aliphatic heterocycles. The third-order valence-electron chi connectivity index (χ3n) is 2.23. The molecule has 1 aliphatic carbocycles. The van der Waals surface area contributed by atoms with E-state index in [-0.39, 0.29) is 3.92 Å². The van der Waals surface area contributed by atoms with E-state index in [0.717, 1.165) is 6.29 Å². The third-order valence-corrected chi connectivity index (χ3v) is 3.54.